The van der Waals surface area contributed by atoms with Crippen LogP contribution in [-0.2, 0) is 6.54 Å². The zero-order valence-electron chi connectivity index (χ0n) is 10.9. The molecule has 0 aliphatic heterocycles. The average molecular weight is 289 g/mol. The van der Waals surface area contributed by atoms with Crippen LogP contribution < -0.4 is 10.1 Å². The maximum Gasteiger partial charge on any atom is 0.160 e. The molecular weight excluding hydrogens is 276 g/mol. The number of nitriles is 1. The van der Waals surface area contributed by atoms with Crippen molar-refractivity contribution >= 4 is 17.3 Å². The van der Waals surface area contributed by atoms with Gasteiger partial charge in [-0.05, 0) is 35.9 Å². The Morgan fingerprint density at radius 3 is 2.70 bits per heavy atom. The quantitative estimate of drug-likeness (QED) is 0.903. The number of anilines is 1. The third kappa shape index (κ3) is 3.14. The highest BCUT2D eigenvalue weighted by molar-refractivity contribution is 6.32. The molecule has 0 unspecified atom stereocenters. The van der Waals surface area contributed by atoms with Crippen LogP contribution in [0.5, 0.6) is 11.5 Å². The Kier molecular flexibility index (Phi) is 4.34. The Balaban J connectivity index is 2.07. The Bertz CT molecular complexity index is 665. The van der Waals surface area contributed by atoms with Gasteiger partial charge in [0.25, 0.3) is 0 Å². The molecule has 0 bridgehead atoms. The zero-order chi connectivity index (χ0) is 14.5. The first-order valence-corrected chi connectivity index (χ1v) is 6.31. The van der Waals surface area contributed by atoms with Gasteiger partial charge >= 0.3 is 0 Å². The van der Waals surface area contributed by atoms with Crippen molar-refractivity contribution in [3.8, 4) is 17.6 Å². The molecule has 0 saturated heterocycles. The van der Waals surface area contributed by atoms with Crippen molar-refractivity contribution in [1.82, 2.24) is 0 Å². The molecule has 0 aliphatic rings. The normalized spacial score (nSPS) is 9.85. The summed E-state index contributed by atoms with van der Waals surface area (Å²) in [6.07, 6.45) is 0. The predicted molar refractivity (Wildman–Crippen MR) is 78.2 cm³/mol. The highest BCUT2D eigenvalue weighted by atomic mass is 35.5. The van der Waals surface area contributed by atoms with Crippen LogP contribution in [-0.4, -0.2) is 12.2 Å². The van der Waals surface area contributed by atoms with Gasteiger partial charge in [0.05, 0.1) is 17.7 Å². The molecular formula is C15H13ClN2O2. The van der Waals surface area contributed by atoms with Gasteiger partial charge in [-0.1, -0.05) is 17.7 Å². The summed E-state index contributed by atoms with van der Waals surface area (Å²) in [5.74, 6) is 0.542. The second kappa shape index (κ2) is 6.18. The third-order valence-electron chi connectivity index (χ3n) is 2.83. The van der Waals surface area contributed by atoms with Crippen LogP contribution in [0.4, 0.5) is 5.69 Å². The van der Waals surface area contributed by atoms with E-state index >= 15 is 0 Å². The smallest absolute Gasteiger partial charge is 0.160 e. The van der Waals surface area contributed by atoms with Crippen molar-refractivity contribution in [2.24, 2.45) is 0 Å². The molecule has 0 saturated carbocycles. The van der Waals surface area contributed by atoms with Crippen molar-refractivity contribution < 1.29 is 9.84 Å². The summed E-state index contributed by atoms with van der Waals surface area (Å²) in [5.41, 5.74) is 2.16. The minimum absolute atomic E-state index is 0.102. The number of phenolic OH excluding ortho intramolecular Hbond substituents is 1. The molecule has 0 fully saturated rings. The highest BCUT2D eigenvalue weighted by Gasteiger charge is 2.04. The van der Waals surface area contributed by atoms with Gasteiger partial charge in [-0.15, -0.1) is 0 Å². The molecule has 0 spiro atoms. The first-order valence-electron chi connectivity index (χ1n) is 5.93. The molecule has 0 radical (unpaired) electrons. The number of halogens is 1. The van der Waals surface area contributed by atoms with Gasteiger partial charge in [-0.2, -0.15) is 5.26 Å². The van der Waals surface area contributed by atoms with Crippen LogP contribution in [0.1, 0.15) is 11.1 Å². The zero-order valence-corrected chi connectivity index (χ0v) is 11.6. The molecule has 0 heterocycles. The standard InChI is InChI=1S/C15H13ClN2O2/c1-20-15-5-2-10(6-14(15)19)9-18-12-4-3-11(8-17)13(16)7-12/h2-7,18-19H,9H2,1H3. The topological polar surface area (TPSA) is 65.3 Å². The molecule has 2 aromatic rings. The maximum atomic E-state index is 9.69. The lowest BCUT2D eigenvalue weighted by atomic mass is 10.2. The van der Waals surface area contributed by atoms with Crippen molar-refractivity contribution in [3.63, 3.8) is 0 Å². The van der Waals surface area contributed by atoms with Crippen molar-refractivity contribution in [2.75, 3.05) is 12.4 Å². The first-order chi connectivity index (χ1) is 9.63. The third-order valence-corrected chi connectivity index (χ3v) is 3.14. The Morgan fingerprint density at radius 2 is 2.10 bits per heavy atom. The second-order valence-electron chi connectivity index (χ2n) is 4.17. The fourth-order valence-electron chi connectivity index (χ4n) is 1.77. The van der Waals surface area contributed by atoms with Crippen LogP contribution >= 0.6 is 11.6 Å². The van der Waals surface area contributed by atoms with Gasteiger partial charge in [-0.25, -0.2) is 0 Å². The lowest BCUT2D eigenvalue weighted by Crippen LogP contribution is -1.99. The Labute approximate surface area is 122 Å². The second-order valence-corrected chi connectivity index (χ2v) is 4.57. The number of aromatic hydroxyl groups is 1. The first kappa shape index (κ1) is 14.0. The van der Waals surface area contributed by atoms with Crippen LogP contribution in [0, 0.1) is 11.3 Å². The van der Waals surface area contributed by atoms with Crippen LogP contribution in [0.25, 0.3) is 0 Å². The van der Waals surface area contributed by atoms with Gasteiger partial charge in [0.15, 0.2) is 11.5 Å². The summed E-state index contributed by atoms with van der Waals surface area (Å²) >= 11 is 5.96. The van der Waals surface area contributed by atoms with E-state index in [1.54, 1.807) is 30.3 Å². The Hall–Kier alpha value is -2.38. The summed E-state index contributed by atoms with van der Waals surface area (Å²) in [5, 5.41) is 22.1. The summed E-state index contributed by atoms with van der Waals surface area (Å²) in [6, 6.07) is 12.4. The van der Waals surface area contributed by atoms with E-state index in [2.05, 4.69) is 5.32 Å². The molecule has 2 rings (SSSR count). The summed E-state index contributed by atoms with van der Waals surface area (Å²) in [4.78, 5) is 0. The molecule has 0 aliphatic carbocycles. The number of hydrogen-bond acceptors (Lipinski definition) is 4. The lowest BCUT2D eigenvalue weighted by Gasteiger charge is -2.09. The molecule has 0 amide bonds. The summed E-state index contributed by atoms with van der Waals surface area (Å²) in [7, 11) is 1.51. The van der Waals surface area contributed by atoms with E-state index in [4.69, 9.17) is 21.6 Å². The minimum Gasteiger partial charge on any atom is -0.504 e. The van der Waals surface area contributed by atoms with E-state index in [1.807, 2.05) is 12.1 Å². The number of rotatable bonds is 4. The molecule has 2 N–H and O–H groups in total. The molecule has 5 heteroatoms. The fraction of sp³-hybridized carbons (Fsp3) is 0.133. The van der Waals surface area contributed by atoms with Gasteiger partial charge in [-0.3, -0.25) is 0 Å². The molecule has 0 aromatic heterocycles. The Morgan fingerprint density at radius 1 is 1.30 bits per heavy atom. The molecule has 0 atom stereocenters. The number of hydrogen-bond donors (Lipinski definition) is 2. The van der Waals surface area contributed by atoms with E-state index in [1.165, 1.54) is 7.11 Å². The molecule has 4 nitrogen and oxygen atoms in total. The lowest BCUT2D eigenvalue weighted by molar-refractivity contribution is 0.373. The van der Waals surface area contributed by atoms with E-state index in [-0.39, 0.29) is 5.75 Å². The van der Waals surface area contributed by atoms with Gasteiger partial charge in [0.2, 0.25) is 0 Å². The van der Waals surface area contributed by atoms with E-state index in [0.717, 1.165) is 11.3 Å². The number of phenols is 1. The number of nitrogens with one attached hydrogen (secondary N) is 1. The average Bonchev–Trinajstić information content (AvgIpc) is 2.45. The van der Waals surface area contributed by atoms with Crippen molar-refractivity contribution in [1.29, 1.82) is 5.26 Å². The SMILES string of the molecule is COc1ccc(CNc2ccc(C#N)c(Cl)c2)cc1O. The molecule has 102 valence electrons. The largest absolute Gasteiger partial charge is 0.504 e. The predicted octanol–water partition coefficient (Wildman–Crippen LogP) is 3.54. The highest BCUT2D eigenvalue weighted by Crippen LogP contribution is 2.27. The van der Waals surface area contributed by atoms with E-state index in [0.29, 0.717) is 22.9 Å². The fourth-order valence-corrected chi connectivity index (χ4v) is 1.99. The minimum atomic E-state index is 0.102. The monoisotopic (exact) mass is 288 g/mol. The maximum absolute atomic E-state index is 9.69. The van der Waals surface area contributed by atoms with Gasteiger partial charge in [0.1, 0.15) is 6.07 Å². The number of methoxy groups -OCH3 is 1. The van der Waals surface area contributed by atoms with Crippen molar-refractivity contribution in [2.45, 2.75) is 6.54 Å². The number of benzene rings is 2. The van der Waals surface area contributed by atoms with E-state index in [9.17, 15) is 5.11 Å². The summed E-state index contributed by atoms with van der Waals surface area (Å²) in [6.45, 7) is 0.528. The van der Waals surface area contributed by atoms with E-state index < -0.39 is 0 Å². The van der Waals surface area contributed by atoms with Gasteiger partial charge in [0, 0.05) is 12.2 Å². The van der Waals surface area contributed by atoms with Crippen LogP contribution in [0.15, 0.2) is 36.4 Å². The number of nitrogens with zero attached hydrogens (tertiary/aromatic N) is 1. The van der Waals surface area contributed by atoms with Crippen molar-refractivity contribution in [3.05, 3.63) is 52.5 Å². The summed E-state index contributed by atoms with van der Waals surface area (Å²) < 4.78 is 4.99. The molecule has 2 aromatic carbocycles. The number of ether oxygens (including phenoxy) is 1. The van der Waals surface area contributed by atoms with Crippen LogP contribution in [0.2, 0.25) is 5.02 Å². The molecule has 20 heavy (non-hydrogen) atoms. The van der Waals surface area contributed by atoms with Gasteiger partial charge < -0.3 is 15.2 Å². The van der Waals surface area contributed by atoms with Crippen LogP contribution in [0.3, 0.4) is 0 Å².